The standard InChI is InChI=1S/C12H8Br2N2O4/c1-5-2-6(13)10(7(14)3-5)15-11(17)8-4-9(12(18)19)20-16-8/h2-4H,1H3,(H,15,17)(H,18,19). The summed E-state index contributed by atoms with van der Waals surface area (Å²) in [7, 11) is 0. The Hall–Kier alpha value is -1.67. The van der Waals surface area contributed by atoms with Gasteiger partial charge in [-0.2, -0.15) is 0 Å². The van der Waals surface area contributed by atoms with E-state index in [0.29, 0.717) is 14.6 Å². The average molecular weight is 404 g/mol. The molecule has 1 heterocycles. The highest BCUT2D eigenvalue weighted by molar-refractivity contribution is 9.11. The van der Waals surface area contributed by atoms with Gasteiger partial charge in [0.15, 0.2) is 5.69 Å². The molecule has 8 heteroatoms. The highest BCUT2D eigenvalue weighted by Crippen LogP contribution is 2.32. The van der Waals surface area contributed by atoms with E-state index in [1.54, 1.807) is 0 Å². The number of nitrogens with one attached hydrogen (secondary N) is 1. The van der Waals surface area contributed by atoms with E-state index in [1.165, 1.54) is 0 Å². The molecule has 1 aromatic carbocycles. The molecule has 2 aromatic rings. The summed E-state index contributed by atoms with van der Waals surface area (Å²) >= 11 is 6.69. The number of amides is 1. The van der Waals surface area contributed by atoms with Gasteiger partial charge in [-0.1, -0.05) is 5.16 Å². The van der Waals surface area contributed by atoms with Crippen molar-refractivity contribution < 1.29 is 19.2 Å². The molecule has 0 aliphatic heterocycles. The molecule has 0 saturated heterocycles. The minimum Gasteiger partial charge on any atom is -0.475 e. The van der Waals surface area contributed by atoms with Crippen LogP contribution in [0.3, 0.4) is 0 Å². The van der Waals surface area contributed by atoms with Crippen molar-refractivity contribution in [2.24, 2.45) is 0 Å². The third-order valence-corrected chi connectivity index (χ3v) is 3.63. The third-order valence-electron chi connectivity index (χ3n) is 2.38. The number of carbonyl (C=O) groups excluding carboxylic acids is 1. The number of rotatable bonds is 3. The molecule has 104 valence electrons. The average Bonchev–Trinajstić information content (AvgIpc) is 2.83. The lowest BCUT2D eigenvalue weighted by Gasteiger charge is -2.09. The van der Waals surface area contributed by atoms with Gasteiger partial charge in [0.1, 0.15) is 0 Å². The SMILES string of the molecule is Cc1cc(Br)c(NC(=O)c2cc(C(=O)O)on2)c(Br)c1. The lowest BCUT2D eigenvalue weighted by atomic mass is 10.2. The first-order chi connectivity index (χ1) is 9.38. The third kappa shape index (κ3) is 3.07. The molecular formula is C12H8Br2N2O4. The summed E-state index contributed by atoms with van der Waals surface area (Å²) in [6.07, 6.45) is 0. The van der Waals surface area contributed by atoms with Crippen LogP contribution in [0.25, 0.3) is 0 Å². The Morgan fingerprint density at radius 2 is 1.85 bits per heavy atom. The number of aromatic carboxylic acids is 1. The van der Waals surface area contributed by atoms with Crippen LogP contribution in [0.5, 0.6) is 0 Å². The summed E-state index contributed by atoms with van der Waals surface area (Å²) < 4.78 is 5.92. The number of aryl methyl sites for hydroxylation is 1. The summed E-state index contributed by atoms with van der Waals surface area (Å²) in [5.41, 5.74) is 1.43. The molecule has 0 aliphatic carbocycles. The zero-order valence-electron chi connectivity index (χ0n) is 10.1. The molecule has 0 radical (unpaired) electrons. The normalized spacial score (nSPS) is 10.3. The van der Waals surface area contributed by atoms with Gasteiger partial charge < -0.3 is 14.9 Å². The number of nitrogens with zero attached hydrogens (tertiary/aromatic N) is 1. The van der Waals surface area contributed by atoms with E-state index in [0.717, 1.165) is 11.6 Å². The summed E-state index contributed by atoms with van der Waals surface area (Å²) in [6, 6.07) is 4.74. The summed E-state index contributed by atoms with van der Waals surface area (Å²) in [5.74, 6) is -2.24. The van der Waals surface area contributed by atoms with Crippen LogP contribution >= 0.6 is 31.9 Å². The zero-order chi connectivity index (χ0) is 14.9. The van der Waals surface area contributed by atoms with E-state index in [4.69, 9.17) is 5.11 Å². The molecule has 0 aliphatic rings. The van der Waals surface area contributed by atoms with E-state index in [2.05, 4.69) is 46.9 Å². The fourth-order valence-electron chi connectivity index (χ4n) is 1.48. The Kier molecular flexibility index (Phi) is 4.24. The summed E-state index contributed by atoms with van der Waals surface area (Å²) in [6.45, 7) is 1.91. The molecule has 0 bridgehead atoms. The largest absolute Gasteiger partial charge is 0.475 e. The van der Waals surface area contributed by atoms with Crippen molar-refractivity contribution in [2.45, 2.75) is 6.92 Å². The molecule has 20 heavy (non-hydrogen) atoms. The molecule has 6 nitrogen and oxygen atoms in total. The Balaban J connectivity index is 2.25. The van der Waals surface area contributed by atoms with Crippen LogP contribution in [-0.2, 0) is 0 Å². The van der Waals surface area contributed by atoms with Crippen LogP contribution in [0.4, 0.5) is 5.69 Å². The van der Waals surface area contributed by atoms with Crippen molar-refractivity contribution in [2.75, 3.05) is 5.32 Å². The number of benzene rings is 1. The maximum atomic E-state index is 12.0. The van der Waals surface area contributed by atoms with Gasteiger partial charge in [-0.3, -0.25) is 4.79 Å². The summed E-state index contributed by atoms with van der Waals surface area (Å²) in [5, 5.41) is 14.7. The van der Waals surface area contributed by atoms with E-state index in [-0.39, 0.29) is 5.69 Å². The predicted molar refractivity (Wildman–Crippen MR) is 78.0 cm³/mol. The Labute approximate surface area is 130 Å². The number of anilines is 1. The molecule has 0 unspecified atom stereocenters. The molecule has 1 aromatic heterocycles. The van der Waals surface area contributed by atoms with E-state index >= 15 is 0 Å². The first kappa shape index (κ1) is 14.7. The highest BCUT2D eigenvalue weighted by Gasteiger charge is 2.18. The fourth-order valence-corrected chi connectivity index (χ4v) is 3.09. The van der Waals surface area contributed by atoms with Gasteiger partial charge in [0.2, 0.25) is 5.76 Å². The Morgan fingerprint density at radius 3 is 2.35 bits per heavy atom. The van der Waals surface area contributed by atoms with Crippen molar-refractivity contribution in [1.29, 1.82) is 0 Å². The van der Waals surface area contributed by atoms with Gasteiger partial charge in [-0.05, 0) is 56.5 Å². The number of hydrogen-bond donors (Lipinski definition) is 2. The van der Waals surface area contributed by atoms with Gasteiger partial charge in [-0.25, -0.2) is 4.79 Å². The number of carboxylic acid groups (broad SMARTS) is 1. The number of carboxylic acids is 1. The van der Waals surface area contributed by atoms with Gasteiger partial charge in [0.25, 0.3) is 5.91 Å². The monoisotopic (exact) mass is 402 g/mol. The fraction of sp³-hybridized carbons (Fsp3) is 0.0833. The van der Waals surface area contributed by atoms with Crippen LogP contribution in [-0.4, -0.2) is 22.1 Å². The highest BCUT2D eigenvalue weighted by atomic mass is 79.9. The first-order valence-corrected chi connectivity index (χ1v) is 6.94. The number of halogens is 2. The second-order valence-electron chi connectivity index (χ2n) is 3.94. The predicted octanol–water partition coefficient (Wildman–Crippen LogP) is 3.46. The van der Waals surface area contributed by atoms with Crippen LogP contribution < -0.4 is 5.32 Å². The van der Waals surface area contributed by atoms with Crippen LogP contribution in [0.1, 0.15) is 26.6 Å². The van der Waals surface area contributed by atoms with Crippen LogP contribution in [0.2, 0.25) is 0 Å². The maximum absolute atomic E-state index is 12.0. The number of aromatic nitrogens is 1. The Morgan fingerprint density at radius 1 is 1.25 bits per heavy atom. The topological polar surface area (TPSA) is 92.4 Å². The molecule has 1 amide bonds. The molecule has 0 saturated carbocycles. The lowest BCUT2D eigenvalue weighted by molar-refractivity contribution is 0.0651. The van der Waals surface area contributed by atoms with E-state index in [9.17, 15) is 9.59 Å². The van der Waals surface area contributed by atoms with Crippen molar-refractivity contribution in [3.63, 3.8) is 0 Å². The van der Waals surface area contributed by atoms with Crippen molar-refractivity contribution in [3.8, 4) is 0 Å². The Bertz CT molecular complexity index is 674. The van der Waals surface area contributed by atoms with Crippen LogP contribution in [0.15, 0.2) is 31.7 Å². The molecule has 0 atom stereocenters. The first-order valence-electron chi connectivity index (χ1n) is 5.35. The van der Waals surface area contributed by atoms with Gasteiger partial charge in [0, 0.05) is 15.0 Å². The second-order valence-corrected chi connectivity index (χ2v) is 5.65. The lowest BCUT2D eigenvalue weighted by Crippen LogP contribution is -2.13. The van der Waals surface area contributed by atoms with Gasteiger partial charge >= 0.3 is 5.97 Å². The quantitative estimate of drug-likeness (QED) is 0.818. The second kappa shape index (κ2) is 5.76. The maximum Gasteiger partial charge on any atom is 0.374 e. The molecular weight excluding hydrogens is 396 g/mol. The minimum absolute atomic E-state index is 0.109. The van der Waals surface area contributed by atoms with Gasteiger partial charge in [-0.15, -0.1) is 0 Å². The smallest absolute Gasteiger partial charge is 0.374 e. The van der Waals surface area contributed by atoms with Crippen molar-refractivity contribution in [3.05, 3.63) is 44.2 Å². The van der Waals surface area contributed by atoms with E-state index < -0.39 is 17.6 Å². The van der Waals surface area contributed by atoms with E-state index in [1.807, 2.05) is 19.1 Å². The molecule has 2 rings (SSSR count). The van der Waals surface area contributed by atoms with Crippen molar-refractivity contribution >= 4 is 49.4 Å². The molecule has 2 N–H and O–H groups in total. The van der Waals surface area contributed by atoms with Crippen molar-refractivity contribution in [1.82, 2.24) is 5.16 Å². The van der Waals surface area contributed by atoms with Crippen LogP contribution in [0, 0.1) is 6.92 Å². The summed E-state index contributed by atoms with van der Waals surface area (Å²) in [4.78, 5) is 22.6. The molecule has 0 spiro atoms. The molecule has 0 fully saturated rings. The minimum atomic E-state index is -1.28. The zero-order valence-corrected chi connectivity index (χ0v) is 13.3. The van der Waals surface area contributed by atoms with Gasteiger partial charge in [0.05, 0.1) is 5.69 Å². The number of hydrogen-bond acceptors (Lipinski definition) is 4. The number of carbonyl (C=O) groups is 2.